The van der Waals surface area contributed by atoms with Crippen molar-refractivity contribution in [3.05, 3.63) is 34.9 Å². The largest absolute Gasteiger partial charge is 0.388 e. The van der Waals surface area contributed by atoms with E-state index in [0.29, 0.717) is 10.6 Å². The van der Waals surface area contributed by atoms with Crippen LogP contribution in [0.3, 0.4) is 0 Å². The molecule has 0 saturated carbocycles. The van der Waals surface area contributed by atoms with Gasteiger partial charge in [-0.1, -0.05) is 23.7 Å². The van der Waals surface area contributed by atoms with E-state index in [-0.39, 0.29) is 6.42 Å². The maximum Gasteiger partial charge on any atom is 0.220 e. The predicted molar refractivity (Wildman–Crippen MR) is 50.2 cm³/mol. The van der Waals surface area contributed by atoms with Gasteiger partial charge in [0.1, 0.15) is 0 Å². The molecular weight excluding hydrogens is 190 g/mol. The van der Waals surface area contributed by atoms with E-state index in [4.69, 9.17) is 17.3 Å². The molecule has 0 spiro atoms. The molecule has 0 aliphatic carbocycles. The van der Waals surface area contributed by atoms with Crippen molar-refractivity contribution in [3.8, 4) is 0 Å². The average Bonchev–Trinajstić information content (AvgIpc) is 2.03. The first kappa shape index (κ1) is 10.0. The molecule has 0 unspecified atom stereocenters. The van der Waals surface area contributed by atoms with Crippen LogP contribution < -0.4 is 5.73 Å². The number of halogens is 1. The highest BCUT2D eigenvalue weighted by Gasteiger charge is 2.10. The first-order chi connectivity index (χ1) is 6.09. The highest BCUT2D eigenvalue weighted by Crippen LogP contribution is 2.19. The maximum absolute atomic E-state index is 10.5. The summed E-state index contributed by atoms with van der Waals surface area (Å²) in [5, 5.41) is 9.98. The van der Waals surface area contributed by atoms with Crippen molar-refractivity contribution in [1.82, 2.24) is 0 Å². The van der Waals surface area contributed by atoms with Gasteiger partial charge in [-0.3, -0.25) is 4.79 Å². The van der Waals surface area contributed by atoms with Crippen molar-refractivity contribution in [2.45, 2.75) is 12.5 Å². The molecule has 1 rings (SSSR count). The molecule has 1 atom stereocenters. The van der Waals surface area contributed by atoms with Crippen LogP contribution in [0.4, 0.5) is 0 Å². The van der Waals surface area contributed by atoms with Crippen LogP contribution in [0.25, 0.3) is 0 Å². The molecule has 0 fully saturated rings. The second kappa shape index (κ2) is 4.25. The van der Waals surface area contributed by atoms with Crippen molar-refractivity contribution >= 4 is 17.5 Å². The van der Waals surface area contributed by atoms with Crippen LogP contribution in [0.2, 0.25) is 5.02 Å². The third kappa shape index (κ3) is 3.05. The van der Waals surface area contributed by atoms with Crippen molar-refractivity contribution in [2.75, 3.05) is 0 Å². The summed E-state index contributed by atoms with van der Waals surface area (Å²) in [4.78, 5) is 10.5. The molecule has 0 radical (unpaired) electrons. The van der Waals surface area contributed by atoms with Crippen LogP contribution in [0, 0.1) is 0 Å². The third-order valence-corrected chi connectivity index (χ3v) is 1.86. The van der Waals surface area contributed by atoms with E-state index in [2.05, 4.69) is 0 Å². The molecule has 1 aromatic rings. The molecule has 1 aromatic carbocycles. The monoisotopic (exact) mass is 199 g/mol. The lowest BCUT2D eigenvalue weighted by Gasteiger charge is -2.08. The highest BCUT2D eigenvalue weighted by atomic mass is 35.5. The molecule has 3 nitrogen and oxygen atoms in total. The zero-order valence-corrected chi connectivity index (χ0v) is 7.66. The number of primary amides is 1. The van der Waals surface area contributed by atoms with Gasteiger partial charge in [0, 0.05) is 5.02 Å². The number of amides is 1. The fourth-order valence-electron chi connectivity index (χ4n) is 1.02. The number of rotatable bonds is 3. The Labute approximate surface area is 81.1 Å². The average molecular weight is 200 g/mol. The van der Waals surface area contributed by atoms with Crippen molar-refractivity contribution in [3.63, 3.8) is 0 Å². The molecule has 0 aromatic heterocycles. The Kier molecular flexibility index (Phi) is 3.28. The molecule has 0 aliphatic rings. The summed E-state index contributed by atoms with van der Waals surface area (Å²) >= 11 is 5.70. The first-order valence-electron chi connectivity index (χ1n) is 3.81. The van der Waals surface area contributed by atoms with E-state index in [1.807, 2.05) is 0 Å². The van der Waals surface area contributed by atoms with Crippen LogP contribution in [-0.4, -0.2) is 11.0 Å². The molecule has 1 amide bonds. The molecular formula is C9H10ClNO2. The molecule has 0 saturated heterocycles. The summed E-state index contributed by atoms with van der Waals surface area (Å²) in [6.45, 7) is 0. The van der Waals surface area contributed by atoms with Crippen LogP contribution in [0.5, 0.6) is 0 Å². The van der Waals surface area contributed by atoms with Crippen LogP contribution in [-0.2, 0) is 4.79 Å². The SMILES string of the molecule is NC(=O)C[C@@H](O)c1cccc(Cl)c1. The Balaban J connectivity index is 2.76. The van der Waals surface area contributed by atoms with Gasteiger partial charge in [-0.05, 0) is 17.7 Å². The van der Waals surface area contributed by atoms with Gasteiger partial charge in [-0.2, -0.15) is 0 Å². The molecule has 0 aliphatic heterocycles. The zero-order chi connectivity index (χ0) is 9.84. The Morgan fingerprint density at radius 3 is 2.85 bits per heavy atom. The number of hydrogen-bond donors (Lipinski definition) is 2. The van der Waals surface area contributed by atoms with Crippen molar-refractivity contribution in [1.29, 1.82) is 0 Å². The van der Waals surface area contributed by atoms with E-state index >= 15 is 0 Å². The summed E-state index contributed by atoms with van der Waals surface area (Å²) < 4.78 is 0. The summed E-state index contributed by atoms with van der Waals surface area (Å²) in [5.41, 5.74) is 5.54. The van der Waals surface area contributed by atoms with Crippen LogP contribution in [0.15, 0.2) is 24.3 Å². The van der Waals surface area contributed by atoms with Gasteiger partial charge in [0.05, 0.1) is 12.5 Å². The minimum absolute atomic E-state index is 0.0830. The van der Waals surface area contributed by atoms with Gasteiger partial charge in [0.2, 0.25) is 5.91 Å². The summed E-state index contributed by atoms with van der Waals surface area (Å²) in [6.07, 6.45) is -0.948. The molecule has 0 heterocycles. The number of nitrogens with two attached hydrogens (primary N) is 1. The molecule has 4 heteroatoms. The van der Waals surface area contributed by atoms with Crippen molar-refractivity contribution in [2.24, 2.45) is 5.73 Å². The number of benzene rings is 1. The zero-order valence-electron chi connectivity index (χ0n) is 6.90. The fraction of sp³-hybridized carbons (Fsp3) is 0.222. The fourth-order valence-corrected chi connectivity index (χ4v) is 1.22. The van der Waals surface area contributed by atoms with E-state index in [1.54, 1.807) is 24.3 Å². The lowest BCUT2D eigenvalue weighted by atomic mass is 10.1. The first-order valence-corrected chi connectivity index (χ1v) is 4.19. The van der Waals surface area contributed by atoms with Gasteiger partial charge in [0.25, 0.3) is 0 Å². The molecule has 13 heavy (non-hydrogen) atoms. The van der Waals surface area contributed by atoms with Crippen molar-refractivity contribution < 1.29 is 9.90 Å². The number of hydrogen-bond acceptors (Lipinski definition) is 2. The normalized spacial score (nSPS) is 12.5. The number of aliphatic hydroxyl groups is 1. The highest BCUT2D eigenvalue weighted by molar-refractivity contribution is 6.30. The lowest BCUT2D eigenvalue weighted by molar-refractivity contribution is -0.119. The quantitative estimate of drug-likeness (QED) is 0.770. The summed E-state index contributed by atoms with van der Waals surface area (Å²) in [5.74, 6) is -0.535. The van der Waals surface area contributed by atoms with E-state index < -0.39 is 12.0 Å². The van der Waals surface area contributed by atoms with Gasteiger partial charge in [-0.15, -0.1) is 0 Å². The number of carbonyl (C=O) groups is 1. The van der Waals surface area contributed by atoms with Crippen LogP contribution in [0.1, 0.15) is 18.1 Å². The van der Waals surface area contributed by atoms with Gasteiger partial charge in [0.15, 0.2) is 0 Å². The van der Waals surface area contributed by atoms with Gasteiger partial charge in [-0.25, -0.2) is 0 Å². The third-order valence-electron chi connectivity index (χ3n) is 1.63. The topological polar surface area (TPSA) is 63.3 Å². The minimum atomic E-state index is -0.865. The smallest absolute Gasteiger partial charge is 0.220 e. The predicted octanol–water partition coefficient (Wildman–Crippen LogP) is 1.25. The Bertz CT molecular complexity index is 314. The molecule has 3 N–H and O–H groups in total. The van der Waals surface area contributed by atoms with E-state index in [0.717, 1.165) is 0 Å². The summed E-state index contributed by atoms with van der Waals surface area (Å²) in [7, 11) is 0. The maximum atomic E-state index is 10.5. The molecule has 0 bridgehead atoms. The number of aliphatic hydroxyl groups excluding tert-OH is 1. The second-order valence-electron chi connectivity index (χ2n) is 2.74. The second-order valence-corrected chi connectivity index (χ2v) is 3.18. The van der Waals surface area contributed by atoms with Gasteiger partial charge >= 0.3 is 0 Å². The van der Waals surface area contributed by atoms with Gasteiger partial charge < -0.3 is 10.8 Å². The molecule has 70 valence electrons. The lowest BCUT2D eigenvalue weighted by Crippen LogP contribution is -2.14. The van der Waals surface area contributed by atoms with E-state index in [9.17, 15) is 9.90 Å². The van der Waals surface area contributed by atoms with Crippen LogP contribution >= 0.6 is 11.6 Å². The minimum Gasteiger partial charge on any atom is -0.388 e. The Morgan fingerprint density at radius 2 is 2.31 bits per heavy atom. The number of carbonyl (C=O) groups excluding carboxylic acids is 1. The Hall–Kier alpha value is -1.06. The Morgan fingerprint density at radius 1 is 1.62 bits per heavy atom. The summed E-state index contributed by atoms with van der Waals surface area (Å²) in [6, 6.07) is 6.71. The van der Waals surface area contributed by atoms with E-state index in [1.165, 1.54) is 0 Å². The standard InChI is InChI=1S/C9H10ClNO2/c10-7-3-1-2-6(4-7)8(12)5-9(11)13/h1-4,8,12H,5H2,(H2,11,13)/t8-/m1/s1.